The van der Waals surface area contributed by atoms with Gasteiger partial charge in [-0.05, 0) is 88.8 Å². The molecular weight excluding hydrogens is 413 g/mol. The average molecular weight is 454 g/mol. The Morgan fingerprint density at radius 2 is 1.81 bits per heavy atom. The summed E-state index contributed by atoms with van der Waals surface area (Å²) in [7, 11) is -2.99. The Kier molecular flexibility index (Phi) is 8.06. The molecule has 0 N–H and O–H groups in total. The van der Waals surface area contributed by atoms with Gasteiger partial charge < -0.3 is 9.64 Å². The predicted octanol–water partition coefficient (Wildman–Crippen LogP) is 5.25. The van der Waals surface area contributed by atoms with Gasteiger partial charge in [-0.25, -0.2) is 12.8 Å². The van der Waals surface area contributed by atoms with E-state index >= 15 is 0 Å². The van der Waals surface area contributed by atoms with Gasteiger partial charge in [-0.15, -0.1) is 0 Å². The Balaban J connectivity index is 1.53. The third-order valence-corrected chi connectivity index (χ3v) is 9.59. The lowest BCUT2D eigenvalue weighted by Crippen LogP contribution is -2.45. The first kappa shape index (κ1) is 24.5. The molecule has 5 atom stereocenters. The zero-order valence-electron chi connectivity index (χ0n) is 19.8. The molecule has 0 amide bonds. The first-order valence-corrected chi connectivity index (χ1v) is 13.7. The maximum Gasteiger partial charge on any atom is 0.152 e. The van der Waals surface area contributed by atoms with Crippen LogP contribution in [0.2, 0.25) is 0 Å². The highest BCUT2D eigenvalue weighted by atomic mass is 32.2. The molecular formula is C25H40FNO3S. The molecule has 4 nitrogen and oxygen atoms in total. The topological polar surface area (TPSA) is 46.6 Å². The van der Waals surface area contributed by atoms with Crippen LogP contribution in [0.1, 0.15) is 65.9 Å². The minimum atomic E-state index is -2.99. The molecule has 1 aromatic rings. The molecule has 3 rings (SSSR count). The third-order valence-electron chi connectivity index (χ3n) is 7.26. The van der Waals surface area contributed by atoms with Gasteiger partial charge in [0.15, 0.2) is 9.84 Å². The monoisotopic (exact) mass is 453 g/mol. The smallest absolute Gasteiger partial charge is 0.152 e. The summed E-state index contributed by atoms with van der Waals surface area (Å²) >= 11 is 0. The molecule has 1 saturated carbocycles. The number of rotatable bonds is 7. The van der Waals surface area contributed by atoms with Gasteiger partial charge in [0, 0.05) is 18.8 Å². The van der Waals surface area contributed by atoms with Crippen molar-refractivity contribution in [3.63, 3.8) is 0 Å². The number of nitrogens with zero attached hydrogens (tertiary/aromatic N) is 1. The Bertz CT molecular complexity index is 831. The van der Waals surface area contributed by atoms with Crippen LogP contribution in [0.4, 0.5) is 10.1 Å². The molecule has 1 heterocycles. The van der Waals surface area contributed by atoms with E-state index in [1.54, 1.807) is 19.9 Å². The first-order valence-electron chi connectivity index (χ1n) is 12.0. The van der Waals surface area contributed by atoms with Crippen molar-refractivity contribution in [1.82, 2.24) is 0 Å². The lowest BCUT2D eigenvalue weighted by molar-refractivity contribution is -0.00523. The van der Waals surface area contributed by atoms with Gasteiger partial charge in [0.2, 0.25) is 0 Å². The number of halogens is 1. The number of morpholine rings is 1. The van der Waals surface area contributed by atoms with E-state index < -0.39 is 9.84 Å². The number of ether oxygens (including phenoxy) is 1. The Hall–Kier alpha value is -1.14. The molecule has 1 aromatic carbocycles. The largest absolute Gasteiger partial charge is 0.372 e. The van der Waals surface area contributed by atoms with Crippen LogP contribution in [0, 0.1) is 23.6 Å². The normalized spacial score (nSPS) is 30.0. The maximum absolute atomic E-state index is 14.8. The molecule has 1 unspecified atom stereocenters. The van der Waals surface area contributed by atoms with Gasteiger partial charge in [-0.1, -0.05) is 19.4 Å². The Morgan fingerprint density at radius 3 is 2.39 bits per heavy atom. The standard InChI is InChI=1S/C25H40FNO3S/c1-17(2)31(28,29)16-23-9-7-21(12-18(23)3)6-8-22-10-11-24(13-25(22)26)27-14-19(4)30-20(5)15-27/h10-11,13,17-21,23H,6-9,12,14-16H2,1-5H3/t18?,19-,20+,21-,23+/m1/s1. The second kappa shape index (κ2) is 10.2. The van der Waals surface area contributed by atoms with Crippen LogP contribution in [-0.4, -0.2) is 44.7 Å². The highest BCUT2D eigenvalue weighted by Gasteiger charge is 2.32. The fourth-order valence-electron chi connectivity index (χ4n) is 5.26. The molecule has 2 aliphatic rings. The fraction of sp³-hybridized carbons (Fsp3) is 0.760. The minimum absolute atomic E-state index is 0.117. The van der Waals surface area contributed by atoms with Crippen LogP contribution in [0.15, 0.2) is 18.2 Å². The van der Waals surface area contributed by atoms with Crippen molar-refractivity contribution < 1.29 is 17.5 Å². The molecule has 176 valence electrons. The van der Waals surface area contributed by atoms with E-state index in [2.05, 4.69) is 25.7 Å². The number of anilines is 1. The molecule has 0 spiro atoms. The van der Waals surface area contributed by atoms with Crippen molar-refractivity contribution in [2.45, 2.75) is 84.2 Å². The van der Waals surface area contributed by atoms with E-state index in [1.165, 1.54) is 0 Å². The number of sulfone groups is 1. The Morgan fingerprint density at radius 1 is 1.13 bits per heavy atom. The number of hydrogen-bond donors (Lipinski definition) is 0. The molecule has 0 bridgehead atoms. The van der Waals surface area contributed by atoms with E-state index in [9.17, 15) is 12.8 Å². The summed E-state index contributed by atoms with van der Waals surface area (Å²) in [5.74, 6) is 1.41. The number of hydrogen-bond acceptors (Lipinski definition) is 4. The molecule has 1 saturated heterocycles. The van der Waals surface area contributed by atoms with Gasteiger partial charge in [0.05, 0.1) is 23.2 Å². The molecule has 1 aliphatic carbocycles. The van der Waals surface area contributed by atoms with Crippen molar-refractivity contribution >= 4 is 15.5 Å². The zero-order chi connectivity index (χ0) is 22.8. The van der Waals surface area contributed by atoms with Gasteiger partial charge >= 0.3 is 0 Å². The summed E-state index contributed by atoms with van der Waals surface area (Å²) in [6, 6.07) is 5.66. The summed E-state index contributed by atoms with van der Waals surface area (Å²) in [6.07, 6.45) is 5.07. The lowest BCUT2D eigenvalue weighted by Gasteiger charge is -2.37. The average Bonchev–Trinajstić information content (AvgIpc) is 2.68. The van der Waals surface area contributed by atoms with E-state index in [4.69, 9.17) is 4.74 Å². The van der Waals surface area contributed by atoms with Gasteiger partial charge in [-0.3, -0.25) is 0 Å². The SMILES string of the molecule is CC1C[C@H](CCc2ccc(N3C[C@@H](C)O[C@@H](C)C3)cc2F)CC[C@H]1CS(=O)(=O)C(C)C. The van der Waals surface area contributed by atoms with Crippen LogP contribution >= 0.6 is 0 Å². The highest BCUT2D eigenvalue weighted by Crippen LogP contribution is 2.37. The van der Waals surface area contributed by atoms with Crippen molar-refractivity contribution in [2.24, 2.45) is 17.8 Å². The number of benzene rings is 1. The summed E-state index contributed by atoms with van der Waals surface area (Å²) in [5, 5.41) is -0.299. The third kappa shape index (κ3) is 6.44. The van der Waals surface area contributed by atoms with Gasteiger partial charge in [0.25, 0.3) is 0 Å². The minimum Gasteiger partial charge on any atom is -0.372 e. The van der Waals surface area contributed by atoms with Gasteiger partial charge in [-0.2, -0.15) is 0 Å². The fourth-order valence-corrected chi connectivity index (χ4v) is 6.73. The predicted molar refractivity (Wildman–Crippen MR) is 126 cm³/mol. The van der Waals surface area contributed by atoms with Gasteiger partial charge in [0.1, 0.15) is 5.82 Å². The van der Waals surface area contributed by atoms with E-state index in [0.29, 0.717) is 17.6 Å². The lowest BCUT2D eigenvalue weighted by atomic mass is 9.74. The van der Waals surface area contributed by atoms with Crippen molar-refractivity contribution in [3.05, 3.63) is 29.6 Å². The molecule has 0 aromatic heterocycles. The molecule has 6 heteroatoms. The summed E-state index contributed by atoms with van der Waals surface area (Å²) < 4.78 is 45.2. The second-order valence-electron chi connectivity index (χ2n) is 10.3. The van der Waals surface area contributed by atoms with E-state index in [-0.39, 0.29) is 29.2 Å². The zero-order valence-corrected chi connectivity index (χ0v) is 20.6. The van der Waals surface area contributed by atoms with Crippen LogP contribution in [-0.2, 0) is 21.0 Å². The van der Waals surface area contributed by atoms with E-state index in [1.807, 2.05) is 12.1 Å². The molecule has 0 radical (unpaired) electrons. The van der Waals surface area contributed by atoms with Crippen molar-refractivity contribution in [2.75, 3.05) is 23.7 Å². The van der Waals surface area contributed by atoms with Crippen LogP contribution in [0.25, 0.3) is 0 Å². The molecule has 2 fully saturated rings. The Labute approximate surface area is 188 Å². The number of aryl methyl sites for hydroxylation is 1. The van der Waals surface area contributed by atoms with Crippen molar-refractivity contribution in [3.8, 4) is 0 Å². The van der Waals surface area contributed by atoms with Crippen LogP contribution in [0.5, 0.6) is 0 Å². The van der Waals surface area contributed by atoms with Crippen molar-refractivity contribution in [1.29, 1.82) is 0 Å². The summed E-state index contributed by atoms with van der Waals surface area (Å²) in [4.78, 5) is 2.21. The van der Waals surface area contributed by atoms with Crippen LogP contribution in [0.3, 0.4) is 0 Å². The molecule has 1 aliphatic heterocycles. The van der Waals surface area contributed by atoms with E-state index in [0.717, 1.165) is 56.4 Å². The summed E-state index contributed by atoms with van der Waals surface area (Å²) in [6.45, 7) is 11.4. The highest BCUT2D eigenvalue weighted by molar-refractivity contribution is 7.91. The first-order chi connectivity index (χ1) is 14.5. The molecule has 31 heavy (non-hydrogen) atoms. The second-order valence-corrected chi connectivity index (χ2v) is 12.9. The maximum atomic E-state index is 14.8. The quantitative estimate of drug-likeness (QED) is 0.566. The van der Waals surface area contributed by atoms with Crippen LogP contribution < -0.4 is 4.90 Å². The summed E-state index contributed by atoms with van der Waals surface area (Å²) in [5.41, 5.74) is 1.72.